The van der Waals surface area contributed by atoms with Crippen LogP contribution in [0.4, 0.5) is 4.39 Å². The maximum Gasteiger partial charge on any atom is 0.320 e. The Morgan fingerprint density at radius 3 is 2.67 bits per heavy atom. The largest absolute Gasteiger partial charge is 0.480 e. The van der Waals surface area contributed by atoms with Crippen molar-refractivity contribution < 1.29 is 14.3 Å². The van der Waals surface area contributed by atoms with Crippen molar-refractivity contribution in [2.24, 2.45) is 5.73 Å². The molecule has 1 aliphatic rings. The van der Waals surface area contributed by atoms with Crippen molar-refractivity contribution >= 4 is 5.97 Å². The molecular weight excluding hydrogens is 233 g/mol. The van der Waals surface area contributed by atoms with Crippen LogP contribution in [0.2, 0.25) is 0 Å². The van der Waals surface area contributed by atoms with Gasteiger partial charge in [-0.05, 0) is 42.4 Å². The molecule has 0 aromatic heterocycles. The molecule has 3 N–H and O–H groups in total. The second-order valence-electron chi connectivity index (χ2n) is 5.15. The Morgan fingerprint density at radius 1 is 1.44 bits per heavy atom. The molecule has 0 spiro atoms. The second kappa shape index (κ2) is 5.06. The summed E-state index contributed by atoms with van der Waals surface area (Å²) in [6, 6.07) is 5.59. The Labute approximate surface area is 106 Å². The summed E-state index contributed by atoms with van der Waals surface area (Å²) < 4.78 is 13.3. The van der Waals surface area contributed by atoms with Gasteiger partial charge in [0.15, 0.2) is 0 Å². The fourth-order valence-electron chi connectivity index (χ4n) is 2.99. The van der Waals surface area contributed by atoms with Crippen LogP contribution >= 0.6 is 0 Å². The SMILES string of the molecule is NC(CC1(c2cccc(F)c2)CCCC1)C(=O)O. The number of rotatable bonds is 4. The van der Waals surface area contributed by atoms with Crippen molar-refractivity contribution in [2.75, 3.05) is 0 Å². The molecule has 4 heteroatoms. The first-order valence-electron chi connectivity index (χ1n) is 6.28. The fourth-order valence-corrected chi connectivity index (χ4v) is 2.99. The normalized spacial score (nSPS) is 19.7. The van der Waals surface area contributed by atoms with Crippen molar-refractivity contribution in [2.45, 2.75) is 43.6 Å². The van der Waals surface area contributed by atoms with E-state index in [0.717, 1.165) is 31.2 Å². The summed E-state index contributed by atoms with van der Waals surface area (Å²) in [5.41, 5.74) is 6.29. The molecule has 0 saturated heterocycles. The number of carboxylic acid groups (broad SMARTS) is 1. The zero-order chi connectivity index (χ0) is 13.2. The van der Waals surface area contributed by atoms with Gasteiger partial charge in [-0.15, -0.1) is 0 Å². The molecule has 1 aliphatic carbocycles. The molecule has 0 radical (unpaired) electrons. The van der Waals surface area contributed by atoms with Crippen LogP contribution < -0.4 is 5.73 Å². The quantitative estimate of drug-likeness (QED) is 0.864. The molecule has 0 heterocycles. The fraction of sp³-hybridized carbons (Fsp3) is 0.500. The molecule has 1 atom stereocenters. The van der Waals surface area contributed by atoms with E-state index in [-0.39, 0.29) is 11.2 Å². The zero-order valence-electron chi connectivity index (χ0n) is 10.2. The molecule has 98 valence electrons. The van der Waals surface area contributed by atoms with E-state index in [1.165, 1.54) is 12.1 Å². The maximum atomic E-state index is 13.3. The average Bonchev–Trinajstić information content (AvgIpc) is 2.78. The Bertz CT molecular complexity index is 441. The molecular formula is C14H18FNO2. The minimum absolute atomic E-state index is 0.264. The number of carbonyl (C=O) groups is 1. The Morgan fingerprint density at radius 2 is 2.11 bits per heavy atom. The molecule has 0 bridgehead atoms. The predicted molar refractivity (Wildman–Crippen MR) is 66.8 cm³/mol. The smallest absolute Gasteiger partial charge is 0.320 e. The summed E-state index contributed by atoms with van der Waals surface area (Å²) >= 11 is 0. The highest BCUT2D eigenvalue weighted by molar-refractivity contribution is 5.73. The van der Waals surface area contributed by atoms with Crippen LogP contribution in [0.3, 0.4) is 0 Å². The molecule has 1 aromatic carbocycles. The lowest BCUT2D eigenvalue weighted by atomic mass is 9.74. The highest BCUT2D eigenvalue weighted by atomic mass is 19.1. The highest BCUT2D eigenvalue weighted by Crippen LogP contribution is 2.44. The summed E-state index contributed by atoms with van der Waals surface area (Å²) in [4.78, 5) is 10.9. The lowest BCUT2D eigenvalue weighted by Crippen LogP contribution is -2.38. The van der Waals surface area contributed by atoms with Gasteiger partial charge < -0.3 is 10.8 Å². The Hall–Kier alpha value is -1.42. The minimum Gasteiger partial charge on any atom is -0.480 e. The molecule has 1 aromatic rings. The number of hydrogen-bond acceptors (Lipinski definition) is 2. The molecule has 3 nitrogen and oxygen atoms in total. The number of hydrogen-bond donors (Lipinski definition) is 2. The van der Waals surface area contributed by atoms with Gasteiger partial charge in [0.2, 0.25) is 0 Å². The van der Waals surface area contributed by atoms with Crippen LogP contribution in [-0.4, -0.2) is 17.1 Å². The molecule has 2 rings (SSSR count). The third kappa shape index (κ3) is 2.53. The van der Waals surface area contributed by atoms with Crippen molar-refractivity contribution in [3.05, 3.63) is 35.6 Å². The maximum absolute atomic E-state index is 13.3. The van der Waals surface area contributed by atoms with E-state index in [4.69, 9.17) is 10.8 Å². The second-order valence-corrected chi connectivity index (χ2v) is 5.15. The number of nitrogens with two attached hydrogens (primary N) is 1. The lowest BCUT2D eigenvalue weighted by molar-refractivity contribution is -0.139. The third-order valence-electron chi connectivity index (χ3n) is 3.93. The van der Waals surface area contributed by atoms with Gasteiger partial charge in [-0.1, -0.05) is 25.0 Å². The van der Waals surface area contributed by atoms with Crippen molar-refractivity contribution in [1.82, 2.24) is 0 Å². The van der Waals surface area contributed by atoms with Gasteiger partial charge in [-0.2, -0.15) is 0 Å². The van der Waals surface area contributed by atoms with E-state index in [1.807, 2.05) is 6.07 Å². The van der Waals surface area contributed by atoms with Crippen LogP contribution in [0.5, 0.6) is 0 Å². The van der Waals surface area contributed by atoms with Crippen LogP contribution in [-0.2, 0) is 10.2 Å². The topological polar surface area (TPSA) is 63.3 Å². The van der Waals surface area contributed by atoms with Gasteiger partial charge in [0, 0.05) is 0 Å². The summed E-state index contributed by atoms with van der Waals surface area (Å²) in [7, 11) is 0. The molecule has 0 amide bonds. The first-order valence-corrected chi connectivity index (χ1v) is 6.28. The van der Waals surface area contributed by atoms with E-state index >= 15 is 0 Å². The summed E-state index contributed by atoms with van der Waals surface area (Å²) in [6.45, 7) is 0. The van der Waals surface area contributed by atoms with Crippen molar-refractivity contribution in [1.29, 1.82) is 0 Å². The third-order valence-corrected chi connectivity index (χ3v) is 3.93. The number of benzene rings is 1. The summed E-state index contributed by atoms with van der Waals surface area (Å²) in [5.74, 6) is -1.26. The minimum atomic E-state index is -0.988. The Balaban J connectivity index is 2.29. The number of halogens is 1. The first-order chi connectivity index (χ1) is 8.53. The predicted octanol–water partition coefficient (Wildman–Crippen LogP) is 2.44. The van der Waals surface area contributed by atoms with E-state index in [2.05, 4.69) is 0 Å². The van der Waals surface area contributed by atoms with Gasteiger partial charge in [-0.25, -0.2) is 4.39 Å². The lowest BCUT2D eigenvalue weighted by Gasteiger charge is -2.31. The van der Waals surface area contributed by atoms with Gasteiger partial charge in [0.05, 0.1) is 0 Å². The molecule has 1 unspecified atom stereocenters. The molecule has 1 fully saturated rings. The molecule has 0 aliphatic heterocycles. The van der Waals surface area contributed by atoms with Gasteiger partial charge in [-0.3, -0.25) is 4.79 Å². The summed E-state index contributed by atoms with van der Waals surface area (Å²) in [5, 5.41) is 8.96. The van der Waals surface area contributed by atoms with Crippen LogP contribution in [0.25, 0.3) is 0 Å². The van der Waals surface area contributed by atoms with Crippen LogP contribution in [0.15, 0.2) is 24.3 Å². The molecule has 1 saturated carbocycles. The number of aliphatic carboxylic acids is 1. The first kappa shape index (κ1) is 13.0. The van der Waals surface area contributed by atoms with Crippen molar-refractivity contribution in [3.8, 4) is 0 Å². The standard InChI is InChI=1S/C14H18FNO2/c15-11-5-3-4-10(8-11)14(6-1-2-7-14)9-12(16)13(17)18/h3-5,8,12H,1-2,6-7,9,16H2,(H,17,18). The Kier molecular flexibility index (Phi) is 3.66. The van der Waals surface area contributed by atoms with Crippen molar-refractivity contribution in [3.63, 3.8) is 0 Å². The van der Waals surface area contributed by atoms with Gasteiger partial charge >= 0.3 is 5.97 Å². The van der Waals surface area contributed by atoms with Crippen LogP contribution in [0.1, 0.15) is 37.7 Å². The zero-order valence-corrected chi connectivity index (χ0v) is 10.2. The van der Waals surface area contributed by atoms with E-state index < -0.39 is 12.0 Å². The van der Waals surface area contributed by atoms with E-state index in [9.17, 15) is 9.18 Å². The number of carboxylic acids is 1. The van der Waals surface area contributed by atoms with Gasteiger partial charge in [0.1, 0.15) is 11.9 Å². The average molecular weight is 251 g/mol. The van der Waals surface area contributed by atoms with E-state index in [0.29, 0.717) is 6.42 Å². The van der Waals surface area contributed by atoms with Gasteiger partial charge in [0.25, 0.3) is 0 Å². The summed E-state index contributed by atoms with van der Waals surface area (Å²) in [6.07, 6.45) is 4.24. The molecule has 18 heavy (non-hydrogen) atoms. The van der Waals surface area contributed by atoms with Crippen LogP contribution in [0, 0.1) is 5.82 Å². The van der Waals surface area contributed by atoms with E-state index in [1.54, 1.807) is 6.07 Å². The monoisotopic (exact) mass is 251 g/mol. The highest BCUT2D eigenvalue weighted by Gasteiger charge is 2.38.